The quantitative estimate of drug-likeness (QED) is 0.842. The fraction of sp³-hybridized carbons (Fsp3) is 0.500. The maximum Gasteiger partial charge on any atom is 0.328 e. The summed E-state index contributed by atoms with van der Waals surface area (Å²) >= 11 is 0. The lowest BCUT2D eigenvalue weighted by Crippen LogP contribution is -2.34. The molecule has 1 aliphatic rings. The van der Waals surface area contributed by atoms with Crippen LogP contribution in [0.15, 0.2) is 18.5 Å². The zero-order valence-corrected chi connectivity index (χ0v) is 11.3. The zero-order valence-electron chi connectivity index (χ0n) is 11.3. The number of aromatic nitrogens is 2. The highest BCUT2D eigenvalue weighted by molar-refractivity contribution is 5.85. The van der Waals surface area contributed by atoms with E-state index in [0.717, 1.165) is 18.6 Å². The Morgan fingerprint density at radius 2 is 2.16 bits per heavy atom. The second-order valence-electron chi connectivity index (χ2n) is 5.13. The number of carboxylic acid groups (broad SMARTS) is 1. The first-order chi connectivity index (χ1) is 9.08. The van der Waals surface area contributed by atoms with Crippen LogP contribution in [0.2, 0.25) is 0 Å². The van der Waals surface area contributed by atoms with Gasteiger partial charge in [-0.05, 0) is 24.8 Å². The van der Waals surface area contributed by atoms with Crippen molar-refractivity contribution >= 4 is 18.0 Å². The van der Waals surface area contributed by atoms with E-state index in [4.69, 9.17) is 5.11 Å². The van der Waals surface area contributed by atoms with E-state index < -0.39 is 5.97 Å². The molecule has 2 rings (SSSR count). The second-order valence-corrected chi connectivity index (χ2v) is 5.13. The van der Waals surface area contributed by atoms with Gasteiger partial charge in [0.2, 0.25) is 5.95 Å². The van der Waals surface area contributed by atoms with Crippen LogP contribution >= 0.6 is 0 Å². The van der Waals surface area contributed by atoms with Gasteiger partial charge in [-0.2, -0.15) is 0 Å². The topological polar surface area (TPSA) is 66.3 Å². The summed E-state index contributed by atoms with van der Waals surface area (Å²) in [7, 11) is 0. The number of aliphatic carboxylic acids is 1. The molecular formula is C14H19N3O2. The molecule has 2 heterocycles. The maximum atomic E-state index is 10.4. The summed E-state index contributed by atoms with van der Waals surface area (Å²) in [4.78, 5) is 21.4. The van der Waals surface area contributed by atoms with Crippen LogP contribution in [0, 0.1) is 5.92 Å². The molecule has 0 bridgehead atoms. The summed E-state index contributed by atoms with van der Waals surface area (Å²) in [6.07, 6.45) is 8.27. The van der Waals surface area contributed by atoms with Crippen LogP contribution in [0.3, 0.4) is 0 Å². The summed E-state index contributed by atoms with van der Waals surface area (Å²) in [5.74, 6) is 0.352. The van der Waals surface area contributed by atoms with Gasteiger partial charge in [0.1, 0.15) is 0 Å². The van der Waals surface area contributed by atoms with Crippen molar-refractivity contribution in [1.29, 1.82) is 0 Å². The number of rotatable bonds is 4. The minimum absolute atomic E-state index is 0.500. The third-order valence-corrected chi connectivity index (χ3v) is 3.40. The molecule has 0 saturated carbocycles. The number of hydrogen-bond donors (Lipinski definition) is 1. The van der Waals surface area contributed by atoms with Crippen LogP contribution in [0.25, 0.3) is 6.08 Å². The van der Waals surface area contributed by atoms with E-state index in [9.17, 15) is 4.79 Å². The third kappa shape index (κ3) is 3.30. The van der Waals surface area contributed by atoms with Crippen molar-refractivity contribution in [2.24, 2.45) is 5.92 Å². The predicted molar refractivity (Wildman–Crippen MR) is 73.9 cm³/mol. The smallest absolute Gasteiger partial charge is 0.328 e. The minimum atomic E-state index is -0.969. The first kappa shape index (κ1) is 13.5. The Hall–Kier alpha value is -1.91. The van der Waals surface area contributed by atoms with Gasteiger partial charge in [0.15, 0.2) is 0 Å². The molecule has 0 aliphatic carbocycles. The van der Waals surface area contributed by atoms with E-state index in [1.54, 1.807) is 12.4 Å². The summed E-state index contributed by atoms with van der Waals surface area (Å²) in [6, 6.07) is 0.500. The highest BCUT2D eigenvalue weighted by atomic mass is 16.4. The molecule has 0 aromatic carbocycles. The largest absolute Gasteiger partial charge is 0.478 e. The molecule has 1 saturated heterocycles. The van der Waals surface area contributed by atoms with Gasteiger partial charge in [-0.25, -0.2) is 14.8 Å². The van der Waals surface area contributed by atoms with E-state index in [-0.39, 0.29) is 0 Å². The van der Waals surface area contributed by atoms with Gasteiger partial charge in [0.05, 0.1) is 0 Å². The highest BCUT2D eigenvalue weighted by Gasteiger charge is 2.28. The highest BCUT2D eigenvalue weighted by Crippen LogP contribution is 2.26. The van der Waals surface area contributed by atoms with E-state index in [1.807, 2.05) is 0 Å². The molecule has 5 nitrogen and oxygen atoms in total. The lowest BCUT2D eigenvalue weighted by atomic mass is 10.0. The van der Waals surface area contributed by atoms with E-state index in [1.165, 1.54) is 18.9 Å². The molecule has 1 atom stereocenters. The average molecular weight is 261 g/mol. The Balaban J connectivity index is 2.12. The zero-order chi connectivity index (χ0) is 13.8. The van der Waals surface area contributed by atoms with Crippen LogP contribution in [-0.4, -0.2) is 33.6 Å². The van der Waals surface area contributed by atoms with Crippen LogP contribution < -0.4 is 4.90 Å². The molecular weight excluding hydrogens is 242 g/mol. The molecule has 1 N–H and O–H groups in total. The number of nitrogens with zero attached hydrogens (tertiary/aromatic N) is 3. The summed E-state index contributed by atoms with van der Waals surface area (Å²) < 4.78 is 0. The van der Waals surface area contributed by atoms with Gasteiger partial charge in [0.25, 0.3) is 0 Å². The molecule has 19 heavy (non-hydrogen) atoms. The third-order valence-electron chi connectivity index (χ3n) is 3.40. The van der Waals surface area contributed by atoms with Gasteiger partial charge >= 0.3 is 5.97 Å². The van der Waals surface area contributed by atoms with Gasteiger partial charge in [-0.1, -0.05) is 13.8 Å². The van der Waals surface area contributed by atoms with Crippen molar-refractivity contribution in [3.63, 3.8) is 0 Å². The summed E-state index contributed by atoms with van der Waals surface area (Å²) in [5, 5.41) is 8.56. The van der Waals surface area contributed by atoms with Crippen LogP contribution in [-0.2, 0) is 4.79 Å². The van der Waals surface area contributed by atoms with Crippen molar-refractivity contribution in [1.82, 2.24) is 9.97 Å². The summed E-state index contributed by atoms with van der Waals surface area (Å²) in [5.41, 5.74) is 0.700. The molecule has 0 spiro atoms. The van der Waals surface area contributed by atoms with E-state index in [0.29, 0.717) is 17.5 Å². The number of carbonyl (C=O) groups is 1. The number of hydrogen-bond acceptors (Lipinski definition) is 4. The normalized spacial score (nSPS) is 19.5. The molecule has 1 unspecified atom stereocenters. The average Bonchev–Trinajstić information content (AvgIpc) is 2.86. The molecule has 1 aliphatic heterocycles. The van der Waals surface area contributed by atoms with E-state index in [2.05, 4.69) is 28.7 Å². The lowest BCUT2D eigenvalue weighted by Gasteiger charge is -2.27. The fourth-order valence-corrected chi connectivity index (χ4v) is 2.47. The summed E-state index contributed by atoms with van der Waals surface area (Å²) in [6.45, 7) is 5.42. The molecule has 0 amide bonds. The Bertz CT molecular complexity index is 468. The second kappa shape index (κ2) is 5.82. The van der Waals surface area contributed by atoms with Gasteiger partial charge in [-0.15, -0.1) is 0 Å². The molecule has 102 valence electrons. The van der Waals surface area contributed by atoms with Crippen LogP contribution in [0.5, 0.6) is 0 Å². The Morgan fingerprint density at radius 1 is 1.47 bits per heavy atom. The fourth-order valence-electron chi connectivity index (χ4n) is 2.47. The Morgan fingerprint density at radius 3 is 2.74 bits per heavy atom. The van der Waals surface area contributed by atoms with Crippen LogP contribution in [0.1, 0.15) is 32.3 Å². The SMILES string of the molecule is CC(C)C1CCCN1c1ncc(/C=C/C(=O)O)cn1. The molecule has 5 heteroatoms. The Kier molecular flexibility index (Phi) is 4.14. The predicted octanol–water partition coefficient (Wildman–Crippen LogP) is 2.20. The molecule has 1 aromatic rings. The number of carboxylic acids is 1. The van der Waals surface area contributed by atoms with Crippen LogP contribution in [0.4, 0.5) is 5.95 Å². The maximum absolute atomic E-state index is 10.4. The first-order valence-electron chi connectivity index (χ1n) is 6.57. The Labute approximate surface area is 113 Å². The number of anilines is 1. The van der Waals surface area contributed by atoms with Crippen molar-refractivity contribution in [2.45, 2.75) is 32.7 Å². The minimum Gasteiger partial charge on any atom is -0.478 e. The first-order valence-corrected chi connectivity index (χ1v) is 6.57. The standard InChI is InChI=1S/C14H19N3O2/c1-10(2)12-4-3-7-17(12)14-15-8-11(9-16-14)5-6-13(18)19/h5-6,8-10,12H,3-4,7H2,1-2H3,(H,18,19)/b6-5+. The molecule has 1 fully saturated rings. The van der Waals surface area contributed by atoms with Crippen molar-refractivity contribution in [3.05, 3.63) is 24.0 Å². The van der Waals surface area contributed by atoms with Gasteiger partial charge in [-0.3, -0.25) is 0 Å². The van der Waals surface area contributed by atoms with Crippen molar-refractivity contribution in [2.75, 3.05) is 11.4 Å². The van der Waals surface area contributed by atoms with Crippen molar-refractivity contribution in [3.8, 4) is 0 Å². The van der Waals surface area contributed by atoms with Crippen molar-refractivity contribution < 1.29 is 9.90 Å². The molecule has 0 radical (unpaired) electrons. The monoisotopic (exact) mass is 261 g/mol. The molecule has 1 aromatic heterocycles. The van der Waals surface area contributed by atoms with Gasteiger partial charge < -0.3 is 10.0 Å². The van der Waals surface area contributed by atoms with Gasteiger partial charge in [0, 0.05) is 36.6 Å². The lowest BCUT2D eigenvalue weighted by molar-refractivity contribution is -0.131. The van der Waals surface area contributed by atoms with E-state index >= 15 is 0 Å².